The van der Waals surface area contributed by atoms with Gasteiger partial charge in [-0.05, 0) is 24.0 Å². The number of carbonyl (C=O) groups is 3. The lowest BCUT2D eigenvalue weighted by atomic mass is 9.90. The maximum absolute atomic E-state index is 12.9. The second-order valence-electron chi connectivity index (χ2n) is 7.22. The second kappa shape index (κ2) is 7.07. The summed E-state index contributed by atoms with van der Waals surface area (Å²) in [6, 6.07) is 7.12. The van der Waals surface area contributed by atoms with E-state index in [1.54, 1.807) is 11.8 Å². The smallest absolute Gasteiger partial charge is 0.325 e. The Kier molecular flexibility index (Phi) is 5.00. The molecule has 2 fully saturated rings. The Morgan fingerprint density at radius 2 is 1.81 bits per heavy atom. The van der Waals surface area contributed by atoms with Gasteiger partial charge >= 0.3 is 6.03 Å². The van der Waals surface area contributed by atoms with Crippen molar-refractivity contribution in [2.45, 2.75) is 32.2 Å². The Morgan fingerprint density at radius 1 is 1.19 bits per heavy atom. The fourth-order valence-electron chi connectivity index (χ4n) is 3.29. The van der Waals surface area contributed by atoms with E-state index in [0.717, 1.165) is 10.5 Å². The van der Waals surface area contributed by atoms with Crippen molar-refractivity contribution in [1.82, 2.24) is 15.1 Å². The molecule has 2 aliphatic rings. The second-order valence-corrected chi connectivity index (χ2v) is 7.22. The Hall–Kier alpha value is -2.41. The minimum Gasteiger partial charge on any atom is -0.378 e. The van der Waals surface area contributed by atoms with Crippen molar-refractivity contribution in [3.63, 3.8) is 0 Å². The molecule has 4 amide bonds. The highest BCUT2D eigenvalue weighted by Gasteiger charge is 2.49. The summed E-state index contributed by atoms with van der Waals surface area (Å²) in [6.45, 7) is 7.54. The minimum absolute atomic E-state index is 0.240. The van der Waals surface area contributed by atoms with Crippen molar-refractivity contribution < 1.29 is 19.1 Å². The molecule has 1 aromatic carbocycles. The van der Waals surface area contributed by atoms with Crippen LogP contribution in [-0.4, -0.2) is 60.5 Å². The fraction of sp³-hybridized carbons (Fsp3) is 0.526. The first kappa shape index (κ1) is 18.4. The molecule has 3 rings (SSSR count). The summed E-state index contributed by atoms with van der Waals surface area (Å²) in [5.74, 6) is -0.258. The van der Waals surface area contributed by atoms with Gasteiger partial charge in [0.15, 0.2) is 0 Å². The number of morpholine rings is 1. The summed E-state index contributed by atoms with van der Waals surface area (Å²) in [6.07, 6.45) is 0. The summed E-state index contributed by atoms with van der Waals surface area (Å²) in [4.78, 5) is 40.3. The zero-order chi connectivity index (χ0) is 18.9. The van der Waals surface area contributed by atoms with E-state index in [2.05, 4.69) is 19.2 Å². The molecule has 0 aliphatic carbocycles. The van der Waals surface area contributed by atoms with Crippen LogP contribution in [0, 0.1) is 0 Å². The van der Waals surface area contributed by atoms with Gasteiger partial charge in [-0.2, -0.15) is 0 Å². The number of nitrogens with zero attached hydrogens (tertiary/aromatic N) is 2. The van der Waals surface area contributed by atoms with Gasteiger partial charge in [-0.1, -0.05) is 38.1 Å². The van der Waals surface area contributed by atoms with Crippen molar-refractivity contribution in [3.8, 4) is 0 Å². The molecule has 0 spiro atoms. The van der Waals surface area contributed by atoms with E-state index < -0.39 is 17.5 Å². The molecule has 26 heavy (non-hydrogen) atoms. The van der Waals surface area contributed by atoms with Gasteiger partial charge in [0.25, 0.3) is 5.91 Å². The van der Waals surface area contributed by atoms with Crippen LogP contribution in [0.1, 0.15) is 37.8 Å². The van der Waals surface area contributed by atoms with E-state index in [1.165, 1.54) is 0 Å². The van der Waals surface area contributed by atoms with E-state index in [1.807, 2.05) is 24.3 Å². The monoisotopic (exact) mass is 359 g/mol. The molecule has 1 atom stereocenters. The van der Waals surface area contributed by atoms with Gasteiger partial charge in [0, 0.05) is 13.1 Å². The van der Waals surface area contributed by atoms with Crippen LogP contribution in [0.2, 0.25) is 0 Å². The molecular weight excluding hydrogens is 334 g/mol. The molecule has 2 saturated heterocycles. The van der Waals surface area contributed by atoms with Gasteiger partial charge in [-0.3, -0.25) is 14.5 Å². The number of hydrogen-bond donors (Lipinski definition) is 1. The van der Waals surface area contributed by atoms with E-state index in [-0.39, 0.29) is 12.5 Å². The van der Waals surface area contributed by atoms with Crippen molar-refractivity contribution in [2.75, 3.05) is 32.8 Å². The number of urea groups is 1. The van der Waals surface area contributed by atoms with Crippen molar-refractivity contribution in [2.24, 2.45) is 0 Å². The number of rotatable bonds is 4. The highest BCUT2D eigenvalue weighted by Crippen LogP contribution is 2.30. The van der Waals surface area contributed by atoms with Gasteiger partial charge in [-0.15, -0.1) is 0 Å². The molecule has 7 nitrogen and oxygen atoms in total. The summed E-state index contributed by atoms with van der Waals surface area (Å²) in [7, 11) is 0. The van der Waals surface area contributed by atoms with Gasteiger partial charge in [0.05, 0.1) is 13.2 Å². The van der Waals surface area contributed by atoms with Gasteiger partial charge in [-0.25, -0.2) is 4.79 Å². The molecule has 1 aromatic rings. The Bertz CT molecular complexity index is 710. The van der Waals surface area contributed by atoms with Gasteiger partial charge in [0.1, 0.15) is 12.1 Å². The highest BCUT2D eigenvalue weighted by molar-refractivity contribution is 6.09. The zero-order valence-electron chi connectivity index (χ0n) is 15.4. The van der Waals surface area contributed by atoms with Crippen LogP contribution >= 0.6 is 0 Å². The average Bonchev–Trinajstić information content (AvgIpc) is 2.86. The highest BCUT2D eigenvalue weighted by atomic mass is 16.5. The number of ether oxygens (including phenoxy) is 1. The Morgan fingerprint density at radius 3 is 2.38 bits per heavy atom. The third kappa shape index (κ3) is 3.31. The predicted molar refractivity (Wildman–Crippen MR) is 95.5 cm³/mol. The van der Waals surface area contributed by atoms with E-state index in [0.29, 0.717) is 37.8 Å². The molecule has 2 aliphatic heterocycles. The number of nitrogens with one attached hydrogen (secondary N) is 1. The molecule has 1 unspecified atom stereocenters. The van der Waals surface area contributed by atoms with Crippen LogP contribution in [-0.2, 0) is 19.9 Å². The lowest BCUT2D eigenvalue weighted by Crippen LogP contribution is -2.47. The summed E-state index contributed by atoms with van der Waals surface area (Å²) in [5, 5.41) is 2.75. The summed E-state index contributed by atoms with van der Waals surface area (Å²) < 4.78 is 5.23. The van der Waals surface area contributed by atoms with Crippen LogP contribution in [0.15, 0.2) is 24.3 Å². The normalized spacial score (nSPS) is 23.5. The third-order valence-corrected chi connectivity index (χ3v) is 5.09. The van der Waals surface area contributed by atoms with Crippen molar-refractivity contribution in [3.05, 3.63) is 35.4 Å². The quantitative estimate of drug-likeness (QED) is 0.825. The first-order valence-electron chi connectivity index (χ1n) is 8.93. The number of carbonyl (C=O) groups excluding carboxylic acids is 3. The molecule has 0 saturated carbocycles. The Balaban J connectivity index is 1.75. The van der Waals surface area contributed by atoms with Crippen LogP contribution in [0.3, 0.4) is 0 Å². The summed E-state index contributed by atoms with van der Waals surface area (Å²) in [5.41, 5.74) is 0.716. The van der Waals surface area contributed by atoms with E-state index in [9.17, 15) is 14.4 Å². The molecule has 140 valence electrons. The third-order valence-electron chi connectivity index (χ3n) is 5.09. The lowest BCUT2D eigenvalue weighted by Gasteiger charge is -2.28. The molecule has 2 heterocycles. The number of imide groups is 1. The van der Waals surface area contributed by atoms with Crippen LogP contribution in [0.4, 0.5) is 4.79 Å². The Labute approximate surface area is 153 Å². The number of hydrogen-bond acceptors (Lipinski definition) is 4. The molecule has 0 aromatic heterocycles. The fourth-order valence-corrected chi connectivity index (χ4v) is 3.29. The van der Waals surface area contributed by atoms with E-state index in [4.69, 9.17) is 4.74 Å². The molecule has 7 heteroatoms. The van der Waals surface area contributed by atoms with Crippen molar-refractivity contribution in [1.29, 1.82) is 0 Å². The summed E-state index contributed by atoms with van der Waals surface area (Å²) >= 11 is 0. The first-order valence-corrected chi connectivity index (χ1v) is 8.93. The van der Waals surface area contributed by atoms with Crippen molar-refractivity contribution >= 4 is 17.8 Å². The topological polar surface area (TPSA) is 79.0 Å². The molecular formula is C19H25N3O4. The number of amides is 4. The zero-order valence-corrected chi connectivity index (χ0v) is 15.4. The SMILES string of the molecule is CC(C)c1ccc(C2(C)NC(=O)N(CC(=O)N3CCOCC3)C2=O)cc1. The van der Waals surface area contributed by atoms with Gasteiger partial charge in [0.2, 0.25) is 5.91 Å². The maximum Gasteiger partial charge on any atom is 0.325 e. The number of benzene rings is 1. The molecule has 0 radical (unpaired) electrons. The largest absolute Gasteiger partial charge is 0.378 e. The van der Waals surface area contributed by atoms with Crippen LogP contribution in [0.25, 0.3) is 0 Å². The van der Waals surface area contributed by atoms with Crippen LogP contribution < -0.4 is 5.32 Å². The minimum atomic E-state index is -1.15. The standard InChI is InChI=1S/C19H25N3O4/c1-13(2)14-4-6-15(7-5-14)19(3)17(24)22(18(25)20-19)12-16(23)21-8-10-26-11-9-21/h4-7,13H,8-12H2,1-3H3,(H,20,25). The van der Waals surface area contributed by atoms with Gasteiger partial charge < -0.3 is 15.0 Å². The van der Waals surface area contributed by atoms with Crippen LogP contribution in [0.5, 0.6) is 0 Å². The lowest BCUT2D eigenvalue weighted by molar-refractivity contribution is -0.141. The average molecular weight is 359 g/mol. The maximum atomic E-state index is 12.9. The molecule has 1 N–H and O–H groups in total. The molecule has 0 bridgehead atoms. The van der Waals surface area contributed by atoms with E-state index >= 15 is 0 Å². The first-order chi connectivity index (χ1) is 12.3. The predicted octanol–water partition coefficient (Wildman–Crippen LogP) is 1.44.